The minimum atomic E-state index is -0.599. The van der Waals surface area contributed by atoms with E-state index in [1.807, 2.05) is 25.1 Å². The van der Waals surface area contributed by atoms with Crippen LogP contribution >= 0.6 is 0 Å². The Kier molecular flexibility index (Phi) is 4.69. The van der Waals surface area contributed by atoms with Crippen molar-refractivity contribution in [1.29, 1.82) is 0 Å². The van der Waals surface area contributed by atoms with Crippen molar-refractivity contribution in [2.45, 2.75) is 70.4 Å². The number of esters is 1. The van der Waals surface area contributed by atoms with E-state index in [9.17, 15) is 4.79 Å². The van der Waals surface area contributed by atoms with Gasteiger partial charge in [0, 0.05) is 23.9 Å². The Morgan fingerprint density at radius 3 is 2.56 bits per heavy atom. The van der Waals surface area contributed by atoms with Crippen LogP contribution in [0.2, 0.25) is 0 Å². The molecule has 2 fully saturated rings. The van der Waals surface area contributed by atoms with Gasteiger partial charge < -0.3 is 19.5 Å². The van der Waals surface area contributed by atoms with Crippen LogP contribution in [0.3, 0.4) is 0 Å². The number of rotatable bonds is 3. The van der Waals surface area contributed by atoms with Crippen molar-refractivity contribution in [1.82, 2.24) is 5.32 Å². The topological polar surface area (TPSA) is 56.8 Å². The molecular formula is C20H29NO4. The zero-order chi connectivity index (χ0) is 18.3. The average molecular weight is 347 g/mol. The van der Waals surface area contributed by atoms with Crippen LogP contribution in [0.5, 0.6) is 0 Å². The lowest BCUT2D eigenvalue weighted by Gasteiger charge is -2.50. The molecule has 5 heteroatoms. The molecule has 1 atom stereocenters. The van der Waals surface area contributed by atoms with Gasteiger partial charge in [-0.25, -0.2) is 4.79 Å². The highest BCUT2D eigenvalue weighted by molar-refractivity contribution is 5.89. The van der Waals surface area contributed by atoms with Gasteiger partial charge in [0.2, 0.25) is 0 Å². The van der Waals surface area contributed by atoms with E-state index in [-0.39, 0.29) is 29.8 Å². The first kappa shape index (κ1) is 18.4. The van der Waals surface area contributed by atoms with Crippen molar-refractivity contribution in [3.8, 4) is 0 Å². The van der Waals surface area contributed by atoms with Gasteiger partial charge in [-0.3, -0.25) is 0 Å². The Labute approximate surface area is 150 Å². The van der Waals surface area contributed by atoms with E-state index in [1.165, 1.54) is 0 Å². The number of hydrogen-bond acceptors (Lipinski definition) is 5. The second-order valence-corrected chi connectivity index (χ2v) is 8.68. The maximum Gasteiger partial charge on any atom is 0.338 e. The van der Waals surface area contributed by atoms with Crippen LogP contribution in [0.4, 0.5) is 0 Å². The maximum absolute atomic E-state index is 12.2. The molecule has 0 bridgehead atoms. The molecule has 0 amide bonds. The predicted octanol–water partition coefficient (Wildman–Crippen LogP) is 3.20. The maximum atomic E-state index is 12.2. The second-order valence-electron chi connectivity index (χ2n) is 8.68. The first-order valence-corrected chi connectivity index (χ1v) is 8.93. The van der Waals surface area contributed by atoms with Crippen molar-refractivity contribution in [2.75, 3.05) is 13.2 Å². The van der Waals surface area contributed by atoms with Gasteiger partial charge in [-0.2, -0.15) is 0 Å². The van der Waals surface area contributed by atoms with E-state index in [4.69, 9.17) is 14.2 Å². The molecule has 25 heavy (non-hydrogen) atoms. The van der Waals surface area contributed by atoms with E-state index >= 15 is 0 Å². The molecular weight excluding hydrogens is 318 g/mol. The highest BCUT2D eigenvalue weighted by Gasteiger charge is 2.53. The number of nitrogens with one attached hydrogen (secondary N) is 1. The third kappa shape index (κ3) is 4.40. The summed E-state index contributed by atoms with van der Waals surface area (Å²) >= 11 is 0. The lowest BCUT2D eigenvalue weighted by Crippen LogP contribution is -2.63. The molecule has 0 aromatic heterocycles. The summed E-state index contributed by atoms with van der Waals surface area (Å²) in [6.45, 7) is 11.3. The van der Waals surface area contributed by atoms with Gasteiger partial charge in [0.1, 0.15) is 12.7 Å². The lowest BCUT2D eigenvalue weighted by molar-refractivity contribution is -0.216. The number of ether oxygens (including phenoxy) is 3. The van der Waals surface area contributed by atoms with Gasteiger partial charge in [0.25, 0.3) is 0 Å². The Morgan fingerprint density at radius 2 is 1.92 bits per heavy atom. The number of aryl methyl sites for hydroxylation is 1. The van der Waals surface area contributed by atoms with Crippen molar-refractivity contribution in [2.24, 2.45) is 0 Å². The molecule has 2 heterocycles. The number of carbonyl (C=O) groups excluding carboxylic acids is 1. The van der Waals surface area contributed by atoms with Gasteiger partial charge in [-0.05, 0) is 46.8 Å². The minimum absolute atomic E-state index is 0.0745. The highest BCUT2D eigenvalue weighted by atomic mass is 16.8. The Hall–Kier alpha value is -1.43. The molecule has 0 radical (unpaired) electrons. The van der Waals surface area contributed by atoms with Gasteiger partial charge >= 0.3 is 5.97 Å². The minimum Gasteiger partial charge on any atom is -0.459 e. The van der Waals surface area contributed by atoms with Crippen LogP contribution in [0.1, 0.15) is 56.5 Å². The first-order chi connectivity index (χ1) is 11.6. The Morgan fingerprint density at radius 1 is 1.24 bits per heavy atom. The molecule has 0 saturated carbocycles. The Bertz CT molecular complexity index is 637. The summed E-state index contributed by atoms with van der Waals surface area (Å²) < 4.78 is 17.7. The summed E-state index contributed by atoms with van der Waals surface area (Å²) in [5.41, 5.74) is 1.45. The van der Waals surface area contributed by atoms with E-state index in [1.54, 1.807) is 6.07 Å². The van der Waals surface area contributed by atoms with Gasteiger partial charge in [-0.1, -0.05) is 17.7 Å². The smallest absolute Gasteiger partial charge is 0.338 e. The standard InChI is InChI=1S/C20H29NO4/c1-14-7-6-8-15(9-14)17(22)23-10-16-11-24-20(25-16)12-18(2,3)21-19(4,5)13-20/h6-9,16,21H,10-13H2,1-5H3. The van der Waals surface area contributed by atoms with Gasteiger partial charge in [-0.15, -0.1) is 0 Å². The fourth-order valence-corrected chi connectivity index (χ4v) is 4.32. The third-order valence-electron chi connectivity index (χ3n) is 4.67. The van der Waals surface area contributed by atoms with Crippen molar-refractivity contribution in [3.63, 3.8) is 0 Å². The van der Waals surface area contributed by atoms with Crippen molar-refractivity contribution < 1.29 is 19.0 Å². The SMILES string of the molecule is Cc1cccc(C(=O)OCC2COC3(CC(C)(C)NC(C)(C)C3)O2)c1. The van der Waals surface area contributed by atoms with Crippen molar-refractivity contribution in [3.05, 3.63) is 35.4 Å². The molecule has 0 aliphatic carbocycles. The van der Waals surface area contributed by atoms with E-state index < -0.39 is 5.79 Å². The normalized spacial score (nSPS) is 26.5. The molecule has 3 rings (SSSR count). The van der Waals surface area contributed by atoms with E-state index in [0.29, 0.717) is 12.2 Å². The van der Waals surface area contributed by atoms with Crippen LogP contribution in [0, 0.1) is 6.92 Å². The fourth-order valence-electron chi connectivity index (χ4n) is 4.32. The first-order valence-electron chi connectivity index (χ1n) is 8.93. The molecule has 1 aromatic carbocycles. The number of hydrogen-bond donors (Lipinski definition) is 1. The van der Waals surface area contributed by atoms with Gasteiger partial charge in [0.15, 0.2) is 5.79 Å². The Balaban J connectivity index is 1.59. The van der Waals surface area contributed by atoms with Crippen LogP contribution in [0.25, 0.3) is 0 Å². The van der Waals surface area contributed by atoms with Crippen LogP contribution < -0.4 is 5.32 Å². The van der Waals surface area contributed by atoms with E-state index in [0.717, 1.165) is 18.4 Å². The summed E-state index contributed by atoms with van der Waals surface area (Å²) in [6, 6.07) is 7.40. The summed E-state index contributed by atoms with van der Waals surface area (Å²) in [7, 11) is 0. The summed E-state index contributed by atoms with van der Waals surface area (Å²) in [4.78, 5) is 12.2. The molecule has 1 unspecified atom stereocenters. The van der Waals surface area contributed by atoms with Crippen LogP contribution in [0.15, 0.2) is 24.3 Å². The average Bonchev–Trinajstić information content (AvgIpc) is 2.83. The van der Waals surface area contributed by atoms with Crippen LogP contribution in [-0.4, -0.2) is 42.2 Å². The molecule has 1 spiro atoms. The highest BCUT2D eigenvalue weighted by Crippen LogP contribution is 2.42. The molecule has 5 nitrogen and oxygen atoms in total. The second kappa shape index (κ2) is 6.38. The lowest BCUT2D eigenvalue weighted by atomic mass is 9.79. The summed E-state index contributed by atoms with van der Waals surface area (Å²) in [5.74, 6) is -0.919. The quantitative estimate of drug-likeness (QED) is 0.851. The van der Waals surface area contributed by atoms with Crippen LogP contribution in [-0.2, 0) is 14.2 Å². The third-order valence-corrected chi connectivity index (χ3v) is 4.67. The van der Waals surface area contributed by atoms with Gasteiger partial charge in [0.05, 0.1) is 12.2 Å². The fraction of sp³-hybridized carbons (Fsp3) is 0.650. The number of benzene rings is 1. The zero-order valence-corrected chi connectivity index (χ0v) is 15.8. The summed E-state index contributed by atoms with van der Waals surface area (Å²) in [6.07, 6.45) is 1.32. The number of carbonyl (C=O) groups is 1. The largest absolute Gasteiger partial charge is 0.459 e. The molecule has 138 valence electrons. The molecule has 2 aliphatic heterocycles. The van der Waals surface area contributed by atoms with Crippen molar-refractivity contribution >= 4 is 5.97 Å². The molecule has 2 aliphatic rings. The molecule has 2 saturated heterocycles. The molecule has 1 N–H and O–H groups in total. The number of piperidine rings is 1. The monoisotopic (exact) mass is 347 g/mol. The molecule has 1 aromatic rings. The predicted molar refractivity (Wildman–Crippen MR) is 95.5 cm³/mol. The van der Waals surface area contributed by atoms with E-state index in [2.05, 4.69) is 33.0 Å². The zero-order valence-electron chi connectivity index (χ0n) is 15.8. The summed E-state index contributed by atoms with van der Waals surface area (Å²) in [5, 5.41) is 3.63.